The van der Waals surface area contributed by atoms with Gasteiger partial charge in [-0.3, -0.25) is 10.7 Å². The quantitative estimate of drug-likeness (QED) is 0.139. The molecule has 0 aliphatic rings. The first-order chi connectivity index (χ1) is 6.66. The van der Waals surface area contributed by atoms with Crippen LogP contribution in [-0.4, -0.2) is 15.8 Å². The Morgan fingerprint density at radius 3 is 2.12 bits per heavy atom. The van der Waals surface area contributed by atoms with Crippen LogP contribution in [0.25, 0.3) is 5.41 Å². The molecule has 1 rings (SSSR count). The first kappa shape index (κ1) is 19.0. The van der Waals surface area contributed by atoms with E-state index in [1.54, 1.807) is 36.2 Å². The molecule has 0 amide bonds. The van der Waals surface area contributed by atoms with Crippen molar-refractivity contribution in [3.05, 3.63) is 46.9 Å². The second-order valence-electron chi connectivity index (χ2n) is 2.47. The van der Waals surface area contributed by atoms with Gasteiger partial charge in [0.15, 0.2) is 5.78 Å². The topological polar surface area (TPSA) is 39.4 Å². The van der Waals surface area contributed by atoms with Crippen LogP contribution >= 0.6 is 12.2 Å². The van der Waals surface area contributed by atoms with E-state index in [2.05, 4.69) is 24.8 Å². The molecular formula is C10H5NNa2OS2. The molecular weight excluding hydrogens is 260 g/mol. The molecule has 0 N–H and O–H groups in total. The van der Waals surface area contributed by atoms with E-state index < -0.39 is 5.78 Å². The molecule has 0 spiro atoms. The number of carbonyl (C=O) groups is 1. The third-order valence-corrected chi connectivity index (χ3v) is 1.99. The van der Waals surface area contributed by atoms with Gasteiger partial charge in [0.1, 0.15) is 0 Å². The number of Topliss-reactive ketones (excluding diaryl/α,β-unsaturated/α-hetero) is 1. The summed E-state index contributed by atoms with van der Waals surface area (Å²) in [5.74, 6) is 1.31. The maximum Gasteiger partial charge on any atom is 1.00 e. The normalized spacial score (nSPS) is 7.75. The standard InChI is InChI=1S/C10H6NOS2.2Na/c11-6-8(10(13)14)9(12)7-4-2-1-3-5-7;;/h1-5H,(H,13,14);;/q-1;2*+1/p-1. The van der Waals surface area contributed by atoms with Crippen LogP contribution in [0.1, 0.15) is 10.4 Å². The van der Waals surface area contributed by atoms with Crippen LogP contribution in [0.4, 0.5) is 0 Å². The molecule has 1 aromatic carbocycles. The predicted molar refractivity (Wildman–Crippen MR) is 62.6 cm³/mol. The van der Waals surface area contributed by atoms with Crippen LogP contribution < -0.4 is 59.1 Å². The van der Waals surface area contributed by atoms with Gasteiger partial charge < -0.3 is 30.3 Å². The van der Waals surface area contributed by atoms with Gasteiger partial charge in [-0.1, -0.05) is 30.3 Å². The molecule has 0 fully saturated rings. The summed E-state index contributed by atoms with van der Waals surface area (Å²) in [6.07, 6.45) is 0. The van der Waals surface area contributed by atoms with Crippen LogP contribution in [-0.2, 0) is 12.6 Å². The number of ketones is 1. The van der Waals surface area contributed by atoms with Gasteiger partial charge in [-0.2, -0.15) is 0 Å². The minimum absolute atomic E-state index is 0. The van der Waals surface area contributed by atoms with Gasteiger partial charge in [0, 0.05) is 11.1 Å². The fourth-order valence-electron chi connectivity index (χ4n) is 0.923. The molecule has 70 valence electrons. The number of carbonyl (C=O) groups excluding carboxylic acids is 1. The van der Waals surface area contributed by atoms with Crippen molar-refractivity contribution >= 4 is 40.7 Å². The summed E-state index contributed by atoms with van der Waals surface area (Å²) in [4.78, 5) is 11.6. The van der Waals surface area contributed by atoms with Gasteiger partial charge in [-0.25, -0.2) is 0 Å². The van der Waals surface area contributed by atoms with Gasteiger partial charge in [0.05, 0.1) is 0 Å². The Labute approximate surface area is 149 Å². The first-order valence-corrected chi connectivity index (χ1v) is 4.56. The minimum Gasteiger partial charge on any atom is -0.763 e. The third-order valence-electron chi connectivity index (χ3n) is 1.58. The Morgan fingerprint density at radius 1 is 1.25 bits per heavy atom. The van der Waals surface area contributed by atoms with Crippen molar-refractivity contribution in [3.8, 4) is 0 Å². The molecule has 0 unspecified atom stereocenters. The van der Waals surface area contributed by atoms with Crippen molar-refractivity contribution in [2.45, 2.75) is 0 Å². The van der Waals surface area contributed by atoms with Crippen molar-refractivity contribution in [3.63, 3.8) is 0 Å². The second kappa shape index (κ2) is 9.66. The summed E-state index contributed by atoms with van der Waals surface area (Å²) in [5, 5.41) is 8.67. The summed E-state index contributed by atoms with van der Waals surface area (Å²) in [7, 11) is 0. The third kappa shape index (κ3) is 5.32. The minimum atomic E-state index is -0.409. The van der Waals surface area contributed by atoms with Crippen LogP contribution in [0.15, 0.2) is 35.9 Å². The van der Waals surface area contributed by atoms with Crippen LogP contribution in [0.5, 0.6) is 0 Å². The summed E-state index contributed by atoms with van der Waals surface area (Å²) in [6, 6.07) is 8.46. The number of nitrogens with zero attached hydrogens (tertiary/aromatic N) is 1. The average molecular weight is 265 g/mol. The molecule has 0 aliphatic carbocycles. The fourth-order valence-corrected chi connectivity index (χ4v) is 1.20. The van der Waals surface area contributed by atoms with Crippen molar-refractivity contribution in [2.24, 2.45) is 0 Å². The second-order valence-corrected chi connectivity index (χ2v) is 3.54. The van der Waals surface area contributed by atoms with E-state index in [4.69, 9.17) is 5.41 Å². The molecule has 0 aromatic heterocycles. The van der Waals surface area contributed by atoms with E-state index >= 15 is 0 Å². The van der Waals surface area contributed by atoms with Gasteiger partial charge in [0.25, 0.3) is 0 Å². The maximum absolute atomic E-state index is 11.6. The zero-order valence-electron chi connectivity index (χ0n) is 9.06. The number of hydrogen-bond donors (Lipinski definition) is 0. The molecule has 0 atom stereocenters. The van der Waals surface area contributed by atoms with E-state index in [0.717, 1.165) is 0 Å². The molecule has 0 saturated heterocycles. The molecule has 0 heterocycles. The first-order valence-electron chi connectivity index (χ1n) is 3.75. The number of thiocarbonyl (C=S) groups is 1. The predicted octanol–water partition coefficient (Wildman–Crippen LogP) is -4.08. The van der Waals surface area contributed by atoms with Crippen LogP contribution in [0.3, 0.4) is 0 Å². The van der Waals surface area contributed by atoms with E-state index in [9.17, 15) is 4.79 Å². The Bertz CT molecular complexity index is 428. The van der Waals surface area contributed by atoms with Crippen molar-refractivity contribution in [1.82, 2.24) is 0 Å². The van der Waals surface area contributed by atoms with Gasteiger partial charge in [0.2, 0.25) is 0 Å². The van der Waals surface area contributed by atoms with Gasteiger partial charge in [-0.15, -0.1) is 4.20 Å². The summed E-state index contributed by atoms with van der Waals surface area (Å²) in [6.45, 7) is 0. The average Bonchev–Trinajstić information content (AvgIpc) is 2.19. The molecule has 0 aliphatic heterocycles. The van der Waals surface area contributed by atoms with E-state index in [1.165, 1.54) is 0 Å². The number of hydrogen-bond acceptors (Lipinski definition) is 3. The van der Waals surface area contributed by atoms with Crippen LogP contribution in [0, 0.1) is 0 Å². The number of benzene rings is 1. The molecule has 6 heteroatoms. The van der Waals surface area contributed by atoms with E-state index in [-0.39, 0.29) is 68.9 Å². The summed E-state index contributed by atoms with van der Waals surface area (Å²) >= 11 is 9.25. The molecule has 2 nitrogen and oxygen atoms in total. The largest absolute Gasteiger partial charge is 1.00 e. The molecule has 0 bridgehead atoms. The van der Waals surface area contributed by atoms with Gasteiger partial charge in [-0.05, 0) is 0 Å². The summed E-state index contributed by atoms with van der Waals surface area (Å²) < 4.78 is -0.0821. The zero-order chi connectivity index (χ0) is 10.6. The Balaban J connectivity index is 0. The zero-order valence-corrected chi connectivity index (χ0v) is 14.7. The van der Waals surface area contributed by atoms with Crippen molar-refractivity contribution < 1.29 is 63.9 Å². The maximum atomic E-state index is 11.6. The van der Waals surface area contributed by atoms with Crippen molar-refractivity contribution in [2.75, 3.05) is 0 Å². The Kier molecular flexibility index (Phi) is 11.5. The molecule has 16 heavy (non-hydrogen) atoms. The molecule has 0 radical (unpaired) electrons. The summed E-state index contributed by atoms with van der Waals surface area (Å²) in [5.41, 5.74) is 0.289. The Morgan fingerprint density at radius 2 is 1.75 bits per heavy atom. The van der Waals surface area contributed by atoms with Crippen molar-refractivity contribution in [1.29, 1.82) is 0 Å². The monoisotopic (exact) mass is 265 g/mol. The van der Waals surface area contributed by atoms with Gasteiger partial charge >= 0.3 is 59.1 Å². The van der Waals surface area contributed by atoms with E-state index in [0.29, 0.717) is 5.56 Å². The number of rotatable bonds is 3. The Hall–Kier alpha value is 0.650. The van der Waals surface area contributed by atoms with Crippen LogP contribution in [0.2, 0.25) is 0 Å². The molecule has 1 aromatic rings. The van der Waals surface area contributed by atoms with E-state index in [1.807, 2.05) is 0 Å². The smallest absolute Gasteiger partial charge is 0.763 e. The SMILES string of the molecule is [N-]=C=C(C(=O)c1ccccc1)C(=S)[S-].[Na+].[Na+]. The fraction of sp³-hybridized carbons (Fsp3) is 0. The molecule has 0 saturated carbocycles.